The molecule has 1 aliphatic heterocycles. The molecule has 38 heavy (non-hydrogen) atoms. The summed E-state index contributed by atoms with van der Waals surface area (Å²) in [5.41, 5.74) is 2.72. The smallest absolute Gasteiger partial charge is 0.251 e. The lowest BCUT2D eigenvalue weighted by Gasteiger charge is -2.40. The van der Waals surface area contributed by atoms with Gasteiger partial charge in [-0.2, -0.15) is 5.10 Å². The van der Waals surface area contributed by atoms with E-state index in [0.29, 0.717) is 49.6 Å². The van der Waals surface area contributed by atoms with Crippen LogP contribution in [0.15, 0.2) is 67.5 Å². The summed E-state index contributed by atoms with van der Waals surface area (Å²) in [5, 5.41) is 6.99. The number of carbonyl (C=O) groups excluding carboxylic acids is 2. The first-order chi connectivity index (χ1) is 18.2. The molecular weight excluding hydrogens is 485 g/mol. The molecule has 1 aromatic heterocycles. The van der Waals surface area contributed by atoms with Crippen LogP contribution in [0.3, 0.4) is 0 Å². The fourth-order valence-corrected chi connectivity index (χ4v) is 4.59. The lowest BCUT2D eigenvalue weighted by atomic mass is 10.0. The number of nitrogens with zero attached hydrogens (tertiary/aromatic N) is 4. The molecule has 200 valence electrons. The van der Waals surface area contributed by atoms with Crippen LogP contribution < -0.4 is 10.1 Å². The summed E-state index contributed by atoms with van der Waals surface area (Å²) in [6, 6.07) is 12.1. The van der Waals surface area contributed by atoms with Crippen LogP contribution in [0.5, 0.6) is 5.75 Å². The van der Waals surface area contributed by atoms with Gasteiger partial charge < -0.3 is 15.0 Å². The second kappa shape index (κ2) is 12.0. The van der Waals surface area contributed by atoms with Crippen LogP contribution in [0.25, 0.3) is 0 Å². The fraction of sp³-hybridized carbons (Fsp3) is 0.345. The van der Waals surface area contributed by atoms with E-state index in [1.807, 2.05) is 31.1 Å². The number of amides is 2. The second-order valence-corrected chi connectivity index (χ2v) is 9.69. The van der Waals surface area contributed by atoms with Crippen molar-refractivity contribution >= 4 is 11.8 Å². The third kappa shape index (κ3) is 6.66. The molecule has 2 atom stereocenters. The van der Waals surface area contributed by atoms with Gasteiger partial charge in [-0.3, -0.25) is 19.2 Å². The van der Waals surface area contributed by atoms with Crippen molar-refractivity contribution in [1.29, 1.82) is 0 Å². The number of aromatic nitrogens is 2. The summed E-state index contributed by atoms with van der Waals surface area (Å²) < 4.78 is 22.5. The number of ether oxygens (including phenoxy) is 1. The molecule has 0 spiro atoms. The lowest BCUT2D eigenvalue weighted by molar-refractivity contribution is -0.130. The predicted octanol–water partition coefficient (Wildman–Crippen LogP) is 3.64. The molecule has 2 heterocycles. The fourth-order valence-electron chi connectivity index (χ4n) is 4.59. The maximum atomic E-state index is 14.5. The van der Waals surface area contributed by atoms with Gasteiger partial charge in [-0.25, -0.2) is 4.39 Å². The van der Waals surface area contributed by atoms with Crippen molar-refractivity contribution < 1.29 is 18.7 Å². The zero-order valence-electron chi connectivity index (χ0n) is 22.1. The molecule has 1 fully saturated rings. The highest BCUT2D eigenvalue weighted by atomic mass is 19.1. The van der Waals surface area contributed by atoms with Gasteiger partial charge in [-0.1, -0.05) is 18.7 Å². The van der Waals surface area contributed by atoms with Gasteiger partial charge in [0.1, 0.15) is 17.7 Å². The molecule has 4 rings (SSSR count). The van der Waals surface area contributed by atoms with Crippen LogP contribution in [-0.2, 0) is 18.4 Å². The maximum Gasteiger partial charge on any atom is 0.251 e. The SMILES string of the molecule is C=CC(=O)N1CCN(C[C@H](Oc2ccc(C(=O)NCc3cnn(C)c3)cc2)c2ccc(C)c(F)c2)C[C@H]1C. The van der Waals surface area contributed by atoms with Crippen molar-refractivity contribution in [2.45, 2.75) is 32.5 Å². The largest absolute Gasteiger partial charge is 0.484 e. The molecule has 3 aromatic rings. The van der Waals surface area contributed by atoms with Crippen LogP contribution in [0.2, 0.25) is 0 Å². The van der Waals surface area contributed by atoms with Crippen molar-refractivity contribution in [2.75, 3.05) is 26.2 Å². The van der Waals surface area contributed by atoms with Crippen molar-refractivity contribution in [3.63, 3.8) is 0 Å². The third-order valence-electron chi connectivity index (χ3n) is 6.77. The first-order valence-corrected chi connectivity index (χ1v) is 12.7. The average molecular weight is 520 g/mol. The molecule has 0 radical (unpaired) electrons. The minimum atomic E-state index is -0.441. The topological polar surface area (TPSA) is 79.7 Å². The Morgan fingerprint density at radius 1 is 1.24 bits per heavy atom. The highest BCUT2D eigenvalue weighted by molar-refractivity contribution is 5.94. The second-order valence-electron chi connectivity index (χ2n) is 9.69. The Morgan fingerprint density at radius 2 is 2.00 bits per heavy atom. The Hall–Kier alpha value is -3.98. The normalized spacial score (nSPS) is 16.6. The molecule has 0 bridgehead atoms. The molecule has 0 unspecified atom stereocenters. The van der Waals surface area contributed by atoms with Gasteiger partial charge in [0.2, 0.25) is 5.91 Å². The van der Waals surface area contributed by atoms with Gasteiger partial charge in [0, 0.05) is 63.1 Å². The average Bonchev–Trinajstić information content (AvgIpc) is 3.33. The Balaban J connectivity index is 1.44. The zero-order chi connectivity index (χ0) is 27.2. The molecule has 8 nitrogen and oxygen atoms in total. The Kier molecular flexibility index (Phi) is 8.58. The van der Waals surface area contributed by atoms with Crippen LogP contribution in [0, 0.1) is 12.7 Å². The van der Waals surface area contributed by atoms with Crippen molar-refractivity contribution in [3.05, 3.63) is 95.6 Å². The highest BCUT2D eigenvalue weighted by Gasteiger charge is 2.28. The molecule has 2 aromatic carbocycles. The number of benzene rings is 2. The molecule has 9 heteroatoms. The molecule has 2 amide bonds. The van der Waals surface area contributed by atoms with Gasteiger partial charge in [-0.05, 0) is 61.4 Å². The van der Waals surface area contributed by atoms with E-state index in [1.54, 1.807) is 48.1 Å². The van der Waals surface area contributed by atoms with Crippen LogP contribution in [-0.4, -0.2) is 63.6 Å². The number of hydrogen-bond donors (Lipinski definition) is 1. The summed E-state index contributed by atoms with van der Waals surface area (Å²) in [6.07, 6.45) is 4.46. The van der Waals surface area contributed by atoms with Crippen LogP contribution >= 0.6 is 0 Å². The third-order valence-corrected chi connectivity index (χ3v) is 6.77. The van der Waals surface area contributed by atoms with E-state index in [0.717, 1.165) is 11.1 Å². The minimum Gasteiger partial charge on any atom is -0.484 e. The summed E-state index contributed by atoms with van der Waals surface area (Å²) >= 11 is 0. The zero-order valence-corrected chi connectivity index (χ0v) is 22.1. The highest BCUT2D eigenvalue weighted by Crippen LogP contribution is 2.26. The van der Waals surface area contributed by atoms with E-state index in [-0.39, 0.29) is 23.7 Å². The Labute approximate surface area is 222 Å². The lowest BCUT2D eigenvalue weighted by Crippen LogP contribution is -2.54. The van der Waals surface area contributed by atoms with Crippen molar-refractivity contribution in [1.82, 2.24) is 24.9 Å². The van der Waals surface area contributed by atoms with Gasteiger partial charge in [0.15, 0.2) is 0 Å². The van der Waals surface area contributed by atoms with E-state index in [4.69, 9.17) is 4.74 Å². The first kappa shape index (κ1) is 27.1. The Morgan fingerprint density at radius 3 is 2.63 bits per heavy atom. The number of nitrogens with one attached hydrogen (secondary N) is 1. The van der Waals surface area contributed by atoms with Crippen LogP contribution in [0.1, 0.15) is 40.1 Å². The number of halogens is 1. The monoisotopic (exact) mass is 519 g/mol. The van der Waals surface area contributed by atoms with Crippen molar-refractivity contribution in [3.8, 4) is 5.75 Å². The van der Waals surface area contributed by atoms with E-state index < -0.39 is 6.10 Å². The van der Waals surface area contributed by atoms with Gasteiger partial charge in [0.25, 0.3) is 5.91 Å². The van der Waals surface area contributed by atoms with E-state index in [1.165, 1.54) is 12.1 Å². The molecule has 1 aliphatic rings. The number of aryl methyl sites for hydroxylation is 2. The first-order valence-electron chi connectivity index (χ1n) is 12.7. The van der Waals surface area contributed by atoms with Gasteiger partial charge >= 0.3 is 0 Å². The molecule has 0 saturated carbocycles. The number of rotatable bonds is 9. The molecule has 0 aliphatic carbocycles. The van der Waals surface area contributed by atoms with Gasteiger partial charge in [-0.15, -0.1) is 0 Å². The summed E-state index contributed by atoms with van der Waals surface area (Å²) in [6.45, 7) is 10.2. The van der Waals surface area contributed by atoms with Crippen LogP contribution in [0.4, 0.5) is 4.39 Å². The van der Waals surface area contributed by atoms with Gasteiger partial charge in [0.05, 0.1) is 6.20 Å². The molecule has 1 saturated heterocycles. The quantitative estimate of drug-likeness (QED) is 0.437. The maximum absolute atomic E-state index is 14.5. The molecule has 1 N–H and O–H groups in total. The summed E-state index contributed by atoms with van der Waals surface area (Å²) in [4.78, 5) is 28.7. The summed E-state index contributed by atoms with van der Waals surface area (Å²) in [5.74, 6) is 0.0217. The standard InChI is InChI=1S/C29H34FN5O3/c1-5-28(36)35-13-12-34(17-21(35)3)19-27(24-7-6-20(2)26(30)14-24)38-25-10-8-23(9-11-25)29(37)31-15-22-16-32-33(4)18-22/h5-11,14,16,18,21,27H,1,12-13,15,17,19H2,2-4H3,(H,31,37)/t21-,27+/m1/s1. The number of piperazine rings is 1. The predicted molar refractivity (Wildman–Crippen MR) is 143 cm³/mol. The van der Waals surface area contributed by atoms with E-state index in [2.05, 4.69) is 21.9 Å². The number of carbonyl (C=O) groups is 2. The minimum absolute atomic E-state index is 0.0223. The summed E-state index contributed by atoms with van der Waals surface area (Å²) in [7, 11) is 1.83. The Bertz CT molecular complexity index is 1290. The van der Waals surface area contributed by atoms with Crippen molar-refractivity contribution in [2.24, 2.45) is 7.05 Å². The van der Waals surface area contributed by atoms with E-state index in [9.17, 15) is 14.0 Å². The number of hydrogen-bond acceptors (Lipinski definition) is 5. The van der Waals surface area contributed by atoms with E-state index >= 15 is 0 Å². The molecular formula is C29H34FN5O3.